The van der Waals surface area contributed by atoms with E-state index >= 15 is 0 Å². The number of para-hydroxylation sites is 1. The number of aliphatic carboxylic acids is 1. The second kappa shape index (κ2) is 6.41. The zero-order valence-electron chi connectivity index (χ0n) is 11.5. The number of carbonyl (C=O) groups is 2. The standard InChI is InChI=1S/C15H19NO4/c1-10-4-2-3-5-13(10)20-9-14(17)16-12-7-6-11(8-12)15(18)19/h2-5,11-12H,6-9H2,1H3,(H,16,17)(H,18,19). The fraction of sp³-hybridized carbons (Fsp3) is 0.467. The average Bonchev–Trinajstić information content (AvgIpc) is 2.86. The molecule has 0 bridgehead atoms. The van der Waals surface area contributed by atoms with Crippen LogP contribution in [0.3, 0.4) is 0 Å². The number of benzene rings is 1. The number of nitrogens with one attached hydrogen (secondary N) is 1. The van der Waals surface area contributed by atoms with Gasteiger partial charge in [0.2, 0.25) is 0 Å². The number of hydrogen-bond donors (Lipinski definition) is 2. The molecule has 1 aromatic carbocycles. The van der Waals surface area contributed by atoms with Gasteiger partial charge in [-0.3, -0.25) is 9.59 Å². The van der Waals surface area contributed by atoms with Crippen molar-refractivity contribution in [3.05, 3.63) is 29.8 Å². The van der Waals surface area contributed by atoms with Crippen LogP contribution in [-0.2, 0) is 9.59 Å². The summed E-state index contributed by atoms with van der Waals surface area (Å²) < 4.78 is 5.45. The van der Waals surface area contributed by atoms with Gasteiger partial charge in [0.1, 0.15) is 5.75 Å². The predicted octanol–water partition coefficient (Wildman–Crippen LogP) is 1.74. The molecular weight excluding hydrogens is 258 g/mol. The fourth-order valence-corrected chi connectivity index (χ4v) is 2.47. The number of aryl methyl sites for hydroxylation is 1. The predicted molar refractivity (Wildman–Crippen MR) is 73.6 cm³/mol. The SMILES string of the molecule is Cc1ccccc1OCC(=O)NC1CCC(C(=O)O)C1. The molecule has 2 N–H and O–H groups in total. The molecule has 20 heavy (non-hydrogen) atoms. The molecule has 2 rings (SSSR count). The minimum atomic E-state index is -0.780. The Hall–Kier alpha value is -2.04. The Morgan fingerprint density at radius 1 is 1.35 bits per heavy atom. The third kappa shape index (κ3) is 3.73. The molecule has 1 aliphatic carbocycles. The van der Waals surface area contributed by atoms with E-state index < -0.39 is 5.97 Å². The molecule has 5 heteroatoms. The van der Waals surface area contributed by atoms with Gasteiger partial charge >= 0.3 is 5.97 Å². The van der Waals surface area contributed by atoms with Crippen molar-refractivity contribution in [2.45, 2.75) is 32.2 Å². The minimum absolute atomic E-state index is 0.0426. The van der Waals surface area contributed by atoms with E-state index in [1.807, 2.05) is 31.2 Å². The zero-order valence-corrected chi connectivity index (χ0v) is 11.5. The summed E-state index contributed by atoms with van der Waals surface area (Å²) in [4.78, 5) is 22.6. The smallest absolute Gasteiger partial charge is 0.306 e. The first-order valence-electron chi connectivity index (χ1n) is 6.77. The van der Waals surface area contributed by atoms with Gasteiger partial charge in [0.05, 0.1) is 5.92 Å². The quantitative estimate of drug-likeness (QED) is 0.859. The first-order chi connectivity index (χ1) is 9.56. The van der Waals surface area contributed by atoms with Crippen LogP contribution in [0.4, 0.5) is 0 Å². The summed E-state index contributed by atoms with van der Waals surface area (Å²) in [5, 5.41) is 11.7. The van der Waals surface area contributed by atoms with Gasteiger partial charge < -0.3 is 15.2 Å². The maximum Gasteiger partial charge on any atom is 0.306 e. The highest BCUT2D eigenvalue weighted by atomic mass is 16.5. The lowest BCUT2D eigenvalue weighted by Gasteiger charge is -2.13. The molecule has 0 radical (unpaired) electrons. The van der Waals surface area contributed by atoms with Crippen LogP contribution in [0.25, 0.3) is 0 Å². The summed E-state index contributed by atoms with van der Waals surface area (Å²) in [5.74, 6) is -0.628. The van der Waals surface area contributed by atoms with Crippen LogP contribution < -0.4 is 10.1 Å². The molecule has 0 saturated heterocycles. The van der Waals surface area contributed by atoms with Gasteiger partial charge in [-0.05, 0) is 37.8 Å². The van der Waals surface area contributed by atoms with Crippen LogP contribution >= 0.6 is 0 Å². The summed E-state index contributed by atoms with van der Waals surface area (Å²) in [6, 6.07) is 7.45. The Labute approximate surface area is 117 Å². The molecule has 2 unspecified atom stereocenters. The molecule has 108 valence electrons. The van der Waals surface area contributed by atoms with Crippen molar-refractivity contribution < 1.29 is 19.4 Å². The molecule has 0 aliphatic heterocycles. The van der Waals surface area contributed by atoms with Crippen LogP contribution in [0.5, 0.6) is 5.75 Å². The lowest BCUT2D eigenvalue weighted by Crippen LogP contribution is -2.36. The molecule has 1 aliphatic rings. The van der Waals surface area contributed by atoms with Gasteiger partial charge in [-0.25, -0.2) is 0 Å². The van der Waals surface area contributed by atoms with Crippen LogP contribution in [-0.4, -0.2) is 29.6 Å². The first-order valence-corrected chi connectivity index (χ1v) is 6.77. The molecule has 1 amide bonds. The number of ether oxygens (including phenoxy) is 1. The molecule has 2 atom stereocenters. The summed E-state index contributed by atoms with van der Waals surface area (Å²) >= 11 is 0. The van der Waals surface area contributed by atoms with Crippen LogP contribution in [0.2, 0.25) is 0 Å². The van der Waals surface area contributed by atoms with E-state index in [0.29, 0.717) is 25.0 Å². The highest BCUT2D eigenvalue weighted by Gasteiger charge is 2.30. The first kappa shape index (κ1) is 14.4. The van der Waals surface area contributed by atoms with Crippen LogP contribution in [0.1, 0.15) is 24.8 Å². The van der Waals surface area contributed by atoms with Gasteiger partial charge in [0.25, 0.3) is 5.91 Å². The zero-order chi connectivity index (χ0) is 14.5. The van der Waals surface area contributed by atoms with Crippen molar-refractivity contribution in [2.75, 3.05) is 6.61 Å². The van der Waals surface area contributed by atoms with Crippen molar-refractivity contribution in [2.24, 2.45) is 5.92 Å². The van der Waals surface area contributed by atoms with E-state index in [1.165, 1.54) is 0 Å². The monoisotopic (exact) mass is 277 g/mol. The number of rotatable bonds is 5. The third-order valence-corrected chi connectivity index (χ3v) is 3.60. The maximum absolute atomic E-state index is 11.8. The Balaban J connectivity index is 1.77. The molecule has 1 saturated carbocycles. The summed E-state index contributed by atoms with van der Waals surface area (Å²) in [7, 11) is 0. The molecule has 0 aromatic heterocycles. The lowest BCUT2D eigenvalue weighted by molar-refractivity contribution is -0.141. The Bertz CT molecular complexity index is 500. The number of carbonyl (C=O) groups excluding carboxylic acids is 1. The molecule has 1 aromatic rings. The highest BCUT2D eigenvalue weighted by molar-refractivity contribution is 5.78. The molecule has 0 spiro atoms. The molecule has 1 fully saturated rings. The van der Waals surface area contributed by atoms with Crippen LogP contribution in [0.15, 0.2) is 24.3 Å². The minimum Gasteiger partial charge on any atom is -0.484 e. The van der Waals surface area contributed by atoms with Crippen LogP contribution in [0, 0.1) is 12.8 Å². The van der Waals surface area contributed by atoms with Gasteiger partial charge in [-0.1, -0.05) is 18.2 Å². The van der Waals surface area contributed by atoms with Gasteiger partial charge in [0, 0.05) is 6.04 Å². The Morgan fingerprint density at radius 3 is 2.75 bits per heavy atom. The van der Waals surface area contributed by atoms with Crippen molar-refractivity contribution >= 4 is 11.9 Å². The topological polar surface area (TPSA) is 75.6 Å². The number of carboxylic acids is 1. The average molecular weight is 277 g/mol. The van der Waals surface area contributed by atoms with E-state index in [2.05, 4.69) is 5.32 Å². The van der Waals surface area contributed by atoms with E-state index in [1.54, 1.807) is 0 Å². The normalized spacial score (nSPS) is 21.4. The van der Waals surface area contributed by atoms with Crippen molar-refractivity contribution in [1.29, 1.82) is 0 Å². The lowest BCUT2D eigenvalue weighted by atomic mass is 10.1. The molecule has 5 nitrogen and oxygen atoms in total. The summed E-state index contributed by atoms with van der Waals surface area (Å²) in [6.45, 7) is 1.88. The van der Waals surface area contributed by atoms with Gasteiger partial charge in [0.15, 0.2) is 6.61 Å². The summed E-state index contributed by atoms with van der Waals surface area (Å²) in [6.07, 6.45) is 1.84. The summed E-state index contributed by atoms with van der Waals surface area (Å²) in [5.41, 5.74) is 0.979. The number of amides is 1. The molecular formula is C15H19NO4. The number of hydrogen-bond acceptors (Lipinski definition) is 3. The highest BCUT2D eigenvalue weighted by Crippen LogP contribution is 2.25. The maximum atomic E-state index is 11.8. The number of carboxylic acid groups (broad SMARTS) is 1. The van der Waals surface area contributed by atoms with E-state index in [4.69, 9.17) is 9.84 Å². The molecule has 0 heterocycles. The Kier molecular flexibility index (Phi) is 4.61. The second-order valence-corrected chi connectivity index (χ2v) is 5.17. The largest absolute Gasteiger partial charge is 0.484 e. The Morgan fingerprint density at radius 2 is 2.10 bits per heavy atom. The third-order valence-electron chi connectivity index (χ3n) is 3.60. The van der Waals surface area contributed by atoms with Crippen molar-refractivity contribution in [3.63, 3.8) is 0 Å². The van der Waals surface area contributed by atoms with Gasteiger partial charge in [-0.15, -0.1) is 0 Å². The van der Waals surface area contributed by atoms with E-state index in [9.17, 15) is 9.59 Å². The van der Waals surface area contributed by atoms with Crippen molar-refractivity contribution in [3.8, 4) is 5.75 Å². The fourth-order valence-electron chi connectivity index (χ4n) is 2.47. The second-order valence-electron chi connectivity index (χ2n) is 5.17. The van der Waals surface area contributed by atoms with Gasteiger partial charge in [-0.2, -0.15) is 0 Å². The van der Waals surface area contributed by atoms with E-state index in [0.717, 1.165) is 5.56 Å². The van der Waals surface area contributed by atoms with E-state index in [-0.39, 0.29) is 24.5 Å². The van der Waals surface area contributed by atoms with Crippen molar-refractivity contribution in [1.82, 2.24) is 5.32 Å².